The van der Waals surface area contributed by atoms with E-state index >= 15 is 0 Å². The maximum Gasteiger partial charge on any atom is 0.126 e. The molecule has 0 amide bonds. The summed E-state index contributed by atoms with van der Waals surface area (Å²) in [5, 5.41) is 18.7. The van der Waals surface area contributed by atoms with Crippen LogP contribution in [0.4, 0.5) is 0 Å². The van der Waals surface area contributed by atoms with Crippen molar-refractivity contribution < 1.29 is 9.84 Å². The van der Waals surface area contributed by atoms with Gasteiger partial charge in [0.2, 0.25) is 0 Å². The van der Waals surface area contributed by atoms with E-state index in [-0.39, 0.29) is 0 Å². The van der Waals surface area contributed by atoms with Gasteiger partial charge in [0.25, 0.3) is 0 Å². The smallest absolute Gasteiger partial charge is 0.126 e. The predicted molar refractivity (Wildman–Crippen MR) is 72.6 cm³/mol. The van der Waals surface area contributed by atoms with Crippen LogP contribution >= 0.6 is 0 Å². The molecule has 0 aliphatic heterocycles. The molecule has 1 fully saturated rings. The van der Waals surface area contributed by atoms with Crippen LogP contribution in [-0.4, -0.2) is 32.8 Å². The van der Waals surface area contributed by atoms with Crippen molar-refractivity contribution in [1.29, 1.82) is 0 Å². The molecule has 0 spiro atoms. The molecule has 1 atom stereocenters. The highest BCUT2D eigenvalue weighted by Gasteiger charge is 2.43. The summed E-state index contributed by atoms with van der Waals surface area (Å²) in [6.45, 7) is 5.13. The molecular formula is C14H25N3O2. The summed E-state index contributed by atoms with van der Waals surface area (Å²) >= 11 is 0. The van der Waals surface area contributed by atoms with Gasteiger partial charge in [0.1, 0.15) is 6.10 Å². The molecule has 1 saturated carbocycles. The van der Waals surface area contributed by atoms with Crippen molar-refractivity contribution in [3.8, 4) is 0 Å². The molecule has 0 bridgehead atoms. The molecule has 1 aromatic rings. The summed E-state index contributed by atoms with van der Waals surface area (Å²) in [4.78, 5) is 0. The van der Waals surface area contributed by atoms with Crippen LogP contribution in [0.1, 0.15) is 57.7 Å². The highest BCUT2D eigenvalue weighted by molar-refractivity contribution is 5.08. The van der Waals surface area contributed by atoms with Crippen LogP contribution in [0.15, 0.2) is 6.20 Å². The summed E-state index contributed by atoms with van der Waals surface area (Å²) in [7, 11) is 1.70. The molecule has 0 radical (unpaired) electrons. The van der Waals surface area contributed by atoms with Crippen molar-refractivity contribution in [3.63, 3.8) is 0 Å². The molecular weight excluding hydrogens is 242 g/mol. The Balaban J connectivity index is 2.20. The Labute approximate surface area is 115 Å². The molecule has 1 unspecified atom stereocenters. The van der Waals surface area contributed by atoms with E-state index in [9.17, 15) is 5.11 Å². The van der Waals surface area contributed by atoms with Crippen LogP contribution < -0.4 is 0 Å². The zero-order valence-electron chi connectivity index (χ0n) is 12.2. The lowest BCUT2D eigenvalue weighted by Crippen LogP contribution is -2.42. The average Bonchev–Trinajstić information content (AvgIpc) is 2.88. The van der Waals surface area contributed by atoms with Crippen LogP contribution in [0.2, 0.25) is 0 Å². The topological polar surface area (TPSA) is 60.2 Å². The number of ether oxygens (including phenoxy) is 1. The number of rotatable bonds is 5. The van der Waals surface area contributed by atoms with Gasteiger partial charge in [-0.05, 0) is 38.0 Å². The summed E-state index contributed by atoms with van der Waals surface area (Å²) in [5.74, 6) is 0.717. The van der Waals surface area contributed by atoms with Gasteiger partial charge in [-0.3, -0.25) is 0 Å². The zero-order valence-corrected chi connectivity index (χ0v) is 12.2. The van der Waals surface area contributed by atoms with Crippen molar-refractivity contribution in [3.05, 3.63) is 11.9 Å². The second kappa shape index (κ2) is 6.01. The third-order valence-electron chi connectivity index (χ3n) is 4.39. The van der Waals surface area contributed by atoms with E-state index in [2.05, 4.69) is 24.2 Å². The maximum atomic E-state index is 10.8. The number of aliphatic hydroxyl groups is 1. The third kappa shape index (κ3) is 2.82. The highest BCUT2D eigenvalue weighted by atomic mass is 16.5. The highest BCUT2D eigenvalue weighted by Crippen LogP contribution is 2.42. The van der Waals surface area contributed by atoms with Gasteiger partial charge in [-0.25, -0.2) is 4.68 Å². The summed E-state index contributed by atoms with van der Waals surface area (Å²) < 4.78 is 7.52. The van der Waals surface area contributed by atoms with E-state index in [1.165, 1.54) is 0 Å². The summed E-state index contributed by atoms with van der Waals surface area (Å²) in [6, 6.07) is 0. The van der Waals surface area contributed by atoms with E-state index in [0.29, 0.717) is 5.92 Å². The molecule has 1 N–H and O–H groups in total. The van der Waals surface area contributed by atoms with Gasteiger partial charge >= 0.3 is 0 Å². The number of aromatic nitrogens is 3. The Morgan fingerprint density at radius 3 is 2.79 bits per heavy atom. The Bertz CT molecular complexity index is 397. The number of hydrogen-bond donors (Lipinski definition) is 1. The second-order valence-corrected chi connectivity index (χ2v) is 5.74. The SMILES string of the molecule is CCCn1nncc1C(O)C1(OC)CCC(C)CC1. The summed E-state index contributed by atoms with van der Waals surface area (Å²) in [6.07, 6.45) is 5.97. The van der Waals surface area contributed by atoms with E-state index < -0.39 is 11.7 Å². The van der Waals surface area contributed by atoms with Gasteiger partial charge in [-0.15, -0.1) is 5.10 Å². The molecule has 19 heavy (non-hydrogen) atoms. The Kier molecular flexibility index (Phi) is 4.58. The standard InChI is InChI=1S/C14H25N3O2/c1-4-9-17-12(10-15-16-17)13(18)14(19-3)7-5-11(2)6-8-14/h10-11,13,18H,4-9H2,1-3H3. The fourth-order valence-electron chi connectivity index (χ4n) is 2.97. The first kappa shape index (κ1) is 14.5. The lowest BCUT2D eigenvalue weighted by atomic mass is 9.75. The minimum Gasteiger partial charge on any atom is -0.384 e. The molecule has 2 rings (SSSR count). The van der Waals surface area contributed by atoms with Crippen molar-refractivity contribution in [2.45, 2.75) is 64.2 Å². The number of methoxy groups -OCH3 is 1. The molecule has 1 aromatic heterocycles. The van der Waals surface area contributed by atoms with Gasteiger partial charge in [-0.1, -0.05) is 19.1 Å². The molecule has 1 aliphatic carbocycles. The summed E-state index contributed by atoms with van der Waals surface area (Å²) in [5.41, 5.74) is 0.304. The lowest BCUT2D eigenvalue weighted by Gasteiger charge is -2.41. The fraction of sp³-hybridized carbons (Fsp3) is 0.857. The van der Waals surface area contributed by atoms with Gasteiger partial charge in [0.05, 0.1) is 17.5 Å². The van der Waals surface area contributed by atoms with Crippen molar-refractivity contribution in [1.82, 2.24) is 15.0 Å². The number of aryl methyl sites for hydroxylation is 1. The van der Waals surface area contributed by atoms with Crippen LogP contribution in [0.25, 0.3) is 0 Å². The minimum absolute atomic E-state index is 0.473. The van der Waals surface area contributed by atoms with Crippen LogP contribution in [0.3, 0.4) is 0 Å². The molecule has 0 aromatic carbocycles. The second-order valence-electron chi connectivity index (χ2n) is 5.74. The van der Waals surface area contributed by atoms with Gasteiger partial charge in [0.15, 0.2) is 0 Å². The third-order valence-corrected chi connectivity index (χ3v) is 4.39. The van der Waals surface area contributed by atoms with E-state index in [1.54, 1.807) is 18.0 Å². The van der Waals surface area contributed by atoms with E-state index in [0.717, 1.165) is 44.3 Å². The Morgan fingerprint density at radius 1 is 1.53 bits per heavy atom. The molecule has 0 saturated heterocycles. The van der Waals surface area contributed by atoms with Crippen LogP contribution in [0, 0.1) is 5.92 Å². The van der Waals surface area contributed by atoms with Gasteiger partial charge in [-0.2, -0.15) is 0 Å². The fourth-order valence-corrected chi connectivity index (χ4v) is 2.97. The first-order valence-corrected chi connectivity index (χ1v) is 7.24. The largest absolute Gasteiger partial charge is 0.384 e. The molecule has 5 nitrogen and oxygen atoms in total. The monoisotopic (exact) mass is 267 g/mol. The van der Waals surface area contributed by atoms with Crippen LogP contribution in [0.5, 0.6) is 0 Å². The predicted octanol–water partition coefficient (Wildman–Crippen LogP) is 2.32. The van der Waals surface area contributed by atoms with Crippen molar-refractivity contribution in [2.24, 2.45) is 5.92 Å². The zero-order chi connectivity index (χ0) is 13.9. The lowest BCUT2D eigenvalue weighted by molar-refractivity contribution is -0.133. The molecule has 108 valence electrons. The van der Waals surface area contributed by atoms with Crippen LogP contribution in [-0.2, 0) is 11.3 Å². The Hall–Kier alpha value is -0.940. The van der Waals surface area contributed by atoms with E-state index in [1.807, 2.05) is 0 Å². The first-order valence-electron chi connectivity index (χ1n) is 7.24. The molecule has 5 heteroatoms. The Morgan fingerprint density at radius 2 is 2.21 bits per heavy atom. The molecule has 1 aliphatic rings. The normalized spacial score (nSPS) is 29.4. The molecule has 1 heterocycles. The number of nitrogens with zero attached hydrogens (tertiary/aromatic N) is 3. The minimum atomic E-state index is -0.647. The van der Waals surface area contributed by atoms with E-state index in [4.69, 9.17) is 4.74 Å². The first-order chi connectivity index (χ1) is 9.13. The average molecular weight is 267 g/mol. The number of aliphatic hydroxyl groups excluding tert-OH is 1. The van der Waals surface area contributed by atoms with Crippen molar-refractivity contribution in [2.75, 3.05) is 7.11 Å². The quantitative estimate of drug-likeness (QED) is 0.889. The van der Waals surface area contributed by atoms with Gasteiger partial charge in [0, 0.05) is 13.7 Å². The maximum absolute atomic E-state index is 10.8. The van der Waals surface area contributed by atoms with Gasteiger partial charge < -0.3 is 9.84 Å². The van der Waals surface area contributed by atoms with Crippen molar-refractivity contribution >= 4 is 0 Å². The number of hydrogen-bond acceptors (Lipinski definition) is 4.